The van der Waals surface area contributed by atoms with E-state index in [0.717, 1.165) is 35.6 Å². The van der Waals surface area contributed by atoms with Gasteiger partial charge in [0.15, 0.2) is 0 Å². The van der Waals surface area contributed by atoms with E-state index in [-0.39, 0.29) is 11.5 Å². The first kappa shape index (κ1) is 27.2. The van der Waals surface area contributed by atoms with Crippen LogP contribution in [0.1, 0.15) is 94.4 Å². The van der Waals surface area contributed by atoms with E-state index < -0.39 is 0 Å². The maximum atomic E-state index is 11.4. The molecule has 0 aromatic heterocycles. The molecule has 1 saturated carbocycles. The van der Waals surface area contributed by atoms with E-state index in [1.165, 1.54) is 62.1 Å². The first-order valence-electron chi connectivity index (χ1n) is 13.8. The van der Waals surface area contributed by atoms with Gasteiger partial charge in [-0.05, 0) is 49.1 Å². The van der Waals surface area contributed by atoms with Crippen LogP contribution in [0.2, 0.25) is 5.02 Å². The summed E-state index contributed by atoms with van der Waals surface area (Å²) in [6.45, 7) is 9.34. The van der Waals surface area contributed by atoms with Crippen LogP contribution in [-0.2, 0) is 9.53 Å². The first-order valence-corrected chi connectivity index (χ1v) is 14.1. The lowest BCUT2D eigenvalue weighted by atomic mass is 9.92. The number of piperazine rings is 1. The van der Waals surface area contributed by atoms with Crippen LogP contribution >= 0.6 is 11.6 Å². The molecule has 0 unspecified atom stereocenters. The average Bonchev–Trinajstić information content (AvgIpc) is 3.25. The van der Waals surface area contributed by atoms with E-state index in [4.69, 9.17) is 16.3 Å². The molecule has 5 heteroatoms. The van der Waals surface area contributed by atoms with Crippen molar-refractivity contribution in [1.29, 1.82) is 0 Å². The number of hydrogen-bond donors (Lipinski definition) is 0. The molecule has 3 atom stereocenters. The van der Waals surface area contributed by atoms with Gasteiger partial charge in [0, 0.05) is 30.5 Å². The molecule has 5 rings (SSSR count). The van der Waals surface area contributed by atoms with E-state index >= 15 is 0 Å². The van der Waals surface area contributed by atoms with Gasteiger partial charge in [0.25, 0.3) is 0 Å². The van der Waals surface area contributed by atoms with Crippen molar-refractivity contribution in [3.8, 4) is 0 Å². The lowest BCUT2D eigenvalue weighted by Gasteiger charge is -2.53. The molecular formula is C31H44ClN2O2+. The van der Waals surface area contributed by atoms with Gasteiger partial charge in [-0.1, -0.05) is 86.5 Å². The Balaban J connectivity index is 0.000000445. The van der Waals surface area contributed by atoms with Crippen LogP contribution in [0.5, 0.6) is 0 Å². The zero-order valence-corrected chi connectivity index (χ0v) is 23.4. The molecule has 1 aliphatic heterocycles. The fourth-order valence-electron chi connectivity index (χ4n) is 6.17. The van der Waals surface area contributed by atoms with Crippen LogP contribution in [0.3, 0.4) is 0 Å². The van der Waals surface area contributed by atoms with Crippen molar-refractivity contribution in [1.82, 2.24) is 4.90 Å². The zero-order valence-electron chi connectivity index (χ0n) is 22.6. The highest BCUT2D eigenvalue weighted by atomic mass is 35.5. The van der Waals surface area contributed by atoms with Crippen molar-refractivity contribution in [3.05, 3.63) is 70.2 Å². The minimum atomic E-state index is -0.211. The summed E-state index contributed by atoms with van der Waals surface area (Å²) in [6, 6.07) is 17.5. The van der Waals surface area contributed by atoms with Crippen molar-refractivity contribution >= 4 is 17.6 Å². The number of carbonyl (C=O) groups excluding carboxylic acids is 1. The highest BCUT2D eigenvalue weighted by Gasteiger charge is 2.49. The van der Waals surface area contributed by atoms with Crippen molar-refractivity contribution in [2.45, 2.75) is 83.2 Å². The molecule has 196 valence electrons. The predicted molar refractivity (Wildman–Crippen MR) is 148 cm³/mol. The number of halogens is 1. The number of nitrogens with zero attached hydrogens (tertiary/aromatic N) is 2. The zero-order chi connectivity index (χ0) is 25.8. The minimum Gasteiger partial charge on any atom is -0.415 e. The van der Waals surface area contributed by atoms with Gasteiger partial charge in [-0.25, -0.2) is 0 Å². The van der Waals surface area contributed by atoms with Crippen molar-refractivity contribution in [3.63, 3.8) is 0 Å². The molecular weight excluding hydrogens is 468 g/mol. The summed E-state index contributed by atoms with van der Waals surface area (Å²) in [4.78, 5) is 14.0. The quantitative estimate of drug-likeness (QED) is 0.318. The van der Waals surface area contributed by atoms with Gasteiger partial charge in [-0.15, -0.1) is 0 Å². The summed E-state index contributed by atoms with van der Waals surface area (Å²) in [5.74, 6) is 0.188. The third kappa shape index (κ3) is 6.15. The molecule has 2 fully saturated rings. The normalized spacial score (nSPS) is 27.5. The fraction of sp³-hybridized carbons (Fsp3) is 0.581. The van der Waals surface area contributed by atoms with Crippen LogP contribution in [-0.4, -0.2) is 54.3 Å². The average molecular weight is 512 g/mol. The maximum absolute atomic E-state index is 11.4. The Morgan fingerprint density at radius 3 is 2.25 bits per heavy atom. The van der Waals surface area contributed by atoms with E-state index in [1.54, 1.807) is 0 Å². The van der Waals surface area contributed by atoms with Crippen LogP contribution in [0.25, 0.3) is 0 Å². The molecule has 0 bridgehead atoms. The van der Waals surface area contributed by atoms with Gasteiger partial charge in [0.1, 0.15) is 5.54 Å². The molecule has 2 aliphatic carbocycles. The van der Waals surface area contributed by atoms with Crippen LogP contribution < -0.4 is 0 Å². The number of fused-ring (bicyclic) bond motifs is 1. The Morgan fingerprint density at radius 2 is 1.67 bits per heavy atom. The third-order valence-corrected chi connectivity index (χ3v) is 9.10. The van der Waals surface area contributed by atoms with Gasteiger partial charge < -0.3 is 4.74 Å². The van der Waals surface area contributed by atoms with Gasteiger partial charge in [0.2, 0.25) is 6.73 Å². The number of benzene rings is 2. The van der Waals surface area contributed by atoms with E-state index in [9.17, 15) is 4.79 Å². The van der Waals surface area contributed by atoms with E-state index in [0.29, 0.717) is 18.7 Å². The molecule has 1 saturated heterocycles. The van der Waals surface area contributed by atoms with Gasteiger partial charge >= 0.3 is 5.97 Å². The molecule has 0 N–H and O–H groups in total. The number of ether oxygens (including phenoxy) is 1. The summed E-state index contributed by atoms with van der Waals surface area (Å²) in [5.41, 5.74) is 4.10. The lowest BCUT2D eigenvalue weighted by Crippen LogP contribution is -2.70. The maximum Gasteiger partial charge on any atom is 0.306 e. The number of hydrogen-bond acceptors (Lipinski definition) is 3. The minimum absolute atomic E-state index is 0.0305. The summed E-state index contributed by atoms with van der Waals surface area (Å²) in [6.07, 6.45) is 10.1. The van der Waals surface area contributed by atoms with E-state index in [2.05, 4.69) is 68.3 Å². The third-order valence-electron chi connectivity index (χ3n) is 8.87. The second-order valence-corrected chi connectivity index (χ2v) is 12.2. The smallest absolute Gasteiger partial charge is 0.306 e. The largest absolute Gasteiger partial charge is 0.415 e. The second kappa shape index (κ2) is 11.7. The topological polar surface area (TPSA) is 29.5 Å². The van der Waals surface area contributed by atoms with Gasteiger partial charge in [-0.2, -0.15) is 0 Å². The van der Waals surface area contributed by atoms with Crippen LogP contribution in [0.15, 0.2) is 48.5 Å². The standard InChI is InChI=1S/C25H32ClN2O2.C6H12/c1-18(29)30-17-28(4)13-12-27(16-25(28,2)3)24-15-22(19-8-6-5-7-9-19)21-11-10-20(26)14-23(21)24;1-2-4-6-5-3-1/h5-11,14,22,24H,12-13,15-17H2,1-4H3;1-6H2/q+1;/t22-,24+,28-;/m0./s1. The number of rotatable bonds is 4. The fourth-order valence-corrected chi connectivity index (χ4v) is 6.35. The molecule has 0 radical (unpaired) electrons. The van der Waals surface area contributed by atoms with Crippen molar-refractivity contribution < 1.29 is 14.0 Å². The highest BCUT2D eigenvalue weighted by Crippen LogP contribution is 2.48. The number of likely N-dealkylation sites (N-methyl/N-ethyl adjacent to an activating group) is 1. The molecule has 2 aromatic rings. The molecule has 3 aliphatic rings. The molecule has 2 aromatic carbocycles. The molecule has 0 spiro atoms. The Morgan fingerprint density at radius 1 is 1.03 bits per heavy atom. The molecule has 1 heterocycles. The number of quaternary nitrogens is 1. The first-order chi connectivity index (χ1) is 17.2. The molecule has 4 nitrogen and oxygen atoms in total. The van der Waals surface area contributed by atoms with Crippen molar-refractivity contribution in [2.75, 3.05) is 33.4 Å². The Kier molecular flexibility index (Phi) is 8.80. The van der Waals surface area contributed by atoms with Crippen LogP contribution in [0, 0.1) is 0 Å². The van der Waals surface area contributed by atoms with Gasteiger partial charge in [0.05, 0.1) is 20.1 Å². The predicted octanol–water partition coefficient (Wildman–Crippen LogP) is 7.32. The van der Waals surface area contributed by atoms with Crippen LogP contribution in [0.4, 0.5) is 0 Å². The molecule has 36 heavy (non-hydrogen) atoms. The van der Waals surface area contributed by atoms with Gasteiger partial charge in [-0.3, -0.25) is 14.2 Å². The molecule has 0 amide bonds. The Bertz CT molecular complexity index is 1010. The van der Waals surface area contributed by atoms with Crippen molar-refractivity contribution in [2.24, 2.45) is 0 Å². The SMILES string of the molecule is C1CCCCC1.CC(=O)OC[N@+]1(C)CCN([C@@H]2C[C@@H](c3ccccc3)c3ccc(Cl)cc32)CC1(C)C. The number of carbonyl (C=O) groups is 1. The Labute approximate surface area is 223 Å². The number of esters is 1. The summed E-state index contributed by atoms with van der Waals surface area (Å²) < 4.78 is 6.16. The monoisotopic (exact) mass is 511 g/mol. The second-order valence-electron chi connectivity index (χ2n) is 11.8. The highest BCUT2D eigenvalue weighted by molar-refractivity contribution is 6.30. The Hall–Kier alpha value is -1.88. The summed E-state index contributed by atoms with van der Waals surface area (Å²) in [7, 11) is 2.20. The summed E-state index contributed by atoms with van der Waals surface area (Å²) >= 11 is 6.42. The van der Waals surface area contributed by atoms with E-state index in [1.807, 2.05) is 6.07 Å². The lowest BCUT2D eigenvalue weighted by molar-refractivity contribution is -0.974. The summed E-state index contributed by atoms with van der Waals surface area (Å²) in [5, 5.41) is 0.805.